The van der Waals surface area contributed by atoms with E-state index in [4.69, 9.17) is 16.3 Å². The molecule has 0 bridgehead atoms. The summed E-state index contributed by atoms with van der Waals surface area (Å²) in [5.74, 6) is 0.891. The number of alkyl halides is 1. The molecule has 0 atom stereocenters. The van der Waals surface area contributed by atoms with Gasteiger partial charge >= 0.3 is 0 Å². The minimum absolute atomic E-state index is 0.293. The maximum Gasteiger partial charge on any atom is 0.253 e. The second kappa shape index (κ2) is 5.68. The maximum atomic E-state index is 11.9. The number of ether oxygens (including phenoxy) is 1. The lowest BCUT2D eigenvalue weighted by Crippen LogP contribution is -2.26. The molecule has 0 radical (unpaired) electrons. The van der Waals surface area contributed by atoms with Crippen molar-refractivity contribution >= 4 is 27.2 Å². The average molecular weight is 240 g/mol. The van der Waals surface area contributed by atoms with E-state index in [1.165, 1.54) is 0 Å². The number of hydrogen-bond acceptors (Lipinski definition) is 3. The highest BCUT2D eigenvalue weighted by Gasteiger charge is 2.16. The SMILES string of the molecule is O=C(CCCCl)N=S1(=O)CCOCC1. The third-order valence-corrected chi connectivity index (χ3v) is 4.30. The fourth-order valence-corrected chi connectivity index (χ4v) is 2.86. The molecule has 0 spiro atoms. The predicted molar refractivity (Wildman–Crippen MR) is 56.1 cm³/mol. The first-order valence-electron chi connectivity index (χ1n) is 4.55. The van der Waals surface area contributed by atoms with E-state index in [0.29, 0.717) is 43.4 Å². The van der Waals surface area contributed by atoms with E-state index in [9.17, 15) is 9.00 Å². The molecule has 1 saturated heterocycles. The van der Waals surface area contributed by atoms with Gasteiger partial charge < -0.3 is 4.74 Å². The van der Waals surface area contributed by atoms with Gasteiger partial charge in [-0.05, 0) is 6.42 Å². The summed E-state index contributed by atoms with van der Waals surface area (Å²) in [4.78, 5) is 11.2. The number of halogens is 1. The number of carbonyl (C=O) groups excluding carboxylic acids is 1. The van der Waals surface area contributed by atoms with Crippen LogP contribution in [-0.2, 0) is 19.3 Å². The highest BCUT2D eigenvalue weighted by atomic mass is 35.5. The van der Waals surface area contributed by atoms with Crippen molar-refractivity contribution in [3.63, 3.8) is 0 Å². The maximum absolute atomic E-state index is 11.9. The number of nitrogens with zero attached hydrogens (tertiary/aromatic N) is 1. The average Bonchev–Trinajstić information content (AvgIpc) is 2.15. The van der Waals surface area contributed by atoms with Gasteiger partial charge in [-0.2, -0.15) is 4.36 Å². The van der Waals surface area contributed by atoms with Crippen molar-refractivity contribution in [1.29, 1.82) is 0 Å². The monoisotopic (exact) mass is 239 g/mol. The van der Waals surface area contributed by atoms with Crippen LogP contribution in [0, 0.1) is 0 Å². The quantitative estimate of drug-likeness (QED) is 0.692. The van der Waals surface area contributed by atoms with Gasteiger partial charge in [-0.15, -0.1) is 11.6 Å². The fraction of sp³-hybridized carbons (Fsp3) is 0.875. The zero-order valence-electron chi connectivity index (χ0n) is 7.91. The molecule has 1 heterocycles. The Morgan fingerprint density at radius 1 is 1.43 bits per heavy atom. The van der Waals surface area contributed by atoms with Gasteiger partial charge in [0, 0.05) is 12.3 Å². The van der Waals surface area contributed by atoms with E-state index in [2.05, 4.69) is 4.36 Å². The fourth-order valence-electron chi connectivity index (χ4n) is 1.12. The topological polar surface area (TPSA) is 55.7 Å². The smallest absolute Gasteiger partial charge is 0.253 e. The van der Waals surface area contributed by atoms with Crippen LogP contribution in [0.15, 0.2) is 4.36 Å². The highest BCUT2D eigenvalue weighted by Crippen LogP contribution is 2.06. The van der Waals surface area contributed by atoms with Crippen molar-refractivity contribution in [2.45, 2.75) is 12.8 Å². The minimum Gasteiger partial charge on any atom is -0.379 e. The van der Waals surface area contributed by atoms with Crippen LogP contribution in [0.5, 0.6) is 0 Å². The zero-order valence-corrected chi connectivity index (χ0v) is 9.48. The molecule has 1 aliphatic heterocycles. The Balaban J connectivity index is 2.56. The van der Waals surface area contributed by atoms with Gasteiger partial charge in [0.05, 0.1) is 34.4 Å². The van der Waals surface area contributed by atoms with Gasteiger partial charge in [0.1, 0.15) is 0 Å². The van der Waals surface area contributed by atoms with Gasteiger partial charge in [-0.25, -0.2) is 4.21 Å². The van der Waals surface area contributed by atoms with Gasteiger partial charge in [-0.1, -0.05) is 0 Å². The molecule has 1 rings (SSSR count). The first-order chi connectivity index (χ1) is 6.66. The van der Waals surface area contributed by atoms with Gasteiger partial charge in [-0.3, -0.25) is 4.79 Å². The molecule has 82 valence electrons. The minimum atomic E-state index is -2.31. The molecule has 0 N–H and O–H groups in total. The van der Waals surface area contributed by atoms with Crippen LogP contribution < -0.4 is 0 Å². The van der Waals surface area contributed by atoms with Crippen molar-refractivity contribution in [2.75, 3.05) is 30.6 Å². The van der Waals surface area contributed by atoms with E-state index in [1.54, 1.807) is 0 Å². The van der Waals surface area contributed by atoms with Gasteiger partial charge in [0.15, 0.2) is 0 Å². The Kier molecular flexibility index (Phi) is 4.84. The van der Waals surface area contributed by atoms with Gasteiger partial charge in [0.2, 0.25) is 0 Å². The predicted octanol–water partition coefficient (Wildman–Crippen LogP) is 1.03. The molecule has 0 saturated carbocycles. The summed E-state index contributed by atoms with van der Waals surface area (Å²) in [6.45, 7) is 0.871. The summed E-state index contributed by atoms with van der Waals surface area (Å²) in [6, 6.07) is 0. The summed E-state index contributed by atoms with van der Waals surface area (Å²) < 4.78 is 20.7. The van der Waals surface area contributed by atoms with Crippen molar-refractivity contribution in [3.05, 3.63) is 0 Å². The van der Waals surface area contributed by atoms with Crippen LogP contribution in [-0.4, -0.2) is 40.7 Å². The van der Waals surface area contributed by atoms with Crippen LogP contribution in [0.3, 0.4) is 0 Å². The Bertz CT molecular complexity index is 298. The van der Waals surface area contributed by atoms with Crippen LogP contribution in [0.4, 0.5) is 0 Å². The third-order valence-electron chi connectivity index (χ3n) is 1.89. The van der Waals surface area contributed by atoms with Crippen molar-refractivity contribution in [3.8, 4) is 0 Å². The molecular formula is C8H14ClNO3S. The first-order valence-corrected chi connectivity index (χ1v) is 6.94. The van der Waals surface area contributed by atoms with Gasteiger partial charge in [0.25, 0.3) is 5.91 Å². The van der Waals surface area contributed by atoms with Crippen molar-refractivity contribution in [1.82, 2.24) is 0 Å². The standard InChI is InChI=1S/C8H14ClNO3S/c9-3-1-2-8(11)10-14(12)6-4-13-5-7-14/h1-7H2. The molecular weight excluding hydrogens is 226 g/mol. The van der Waals surface area contributed by atoms with E-state index in [-0.39, 0.29) is 5.91 Å². The highest BCUT2D eigenvalue weighted by molar-refractivity contribution is 7.93. The van der Waals surface area contributed by atoms with Crippen LogP contribution in [0.1, 0.15) is 12.8 Å². The van der Waals surface area contributed by atoms with Crippen LogP contribution in [0.25, 0.3) is 0 Å². The Morgan fingerprint density at radius 2 is 2.07 bits per heavy atom. The lowest BCUT2D eigenvalue weighted by Gasteiger charge is -2.15. The molecule has 0 unspecified atom stereocenters. The molecule has 0 aromatic heterocycles. The number of hydrogen-bond donors (Lipinski definition) is 0. The number of rotatable bonds is 3. The molecule has 0 aromatic carbocycles. The zero-order chi connectivity index (χ0) is 10.4. The Morgan fingerprint density at radius 3 is 2.64 bits per heavy atom. The van der Waals surface area contributed by atoms with Crippen molar-refractivity contribution in [2.24, 2.45) is 4.36 Å². The third kappa shape index (κ3) is 3.94. The van der Waals surface area contributed by atoms with E-state index >= 15 is 0 Å². The van der Waals surface area contributed by atoms with Crippen LogP contribution >= 0.6 is 11.6 Å². The molecule has 0 aliphatic carbocycles. The molecule has 1 amide bonds. The van der Waals surface area contributed by atoms with Crippen LogP contribution in [0.2, 0.25) is 0 Å². The van der Waals surface area contributed by atoms with Crippen molar-refractivity contribution < 1.29 is 13.7 Å². The van der Waals surface area contributed by atoms with E-state index < -0.39 is 9.73 Å². The van der Waals surface area contributed by atoms with E-state index in [1.807, 2.05) is 0 Å². The normalized spacial score (nSPS) is 20.4. The summed E-state index contributed by atoms with van der Waals surface area (Å²) in [5.41, 5.74) is 0. The lowest BCUT2D eigenvalue weighted by atomic mass is 10.3. The molecule has 6 heteroatoms. The molecule has 1 aliphatic rings. The Labute approximate surface area is 89.1 Å². The summed E-state index contributed by atoms with van der Waals surface area (Å²) in [5, 5.41) is 0. The van der Waals surface area contributed by atoms with E-state index in [0.717, 1.165) is 0 Å². The number of carbonyl (C=O) groups is 1. The number of amides is 1. The molecule has 4 nitrogen and oxygen atoms in total. The summed E-state index contributed by atoms with van der Waals surface area (Å²) in [6.07, 6.45) is 0.886. The largest absolute Gasteiger partial charge is 0.379 e. The Hall–Kier alpha value is -0.130. The summed E-state index contributed by atoms with van der Waals surface area (Å²) in [7, 11) is -2.31. The summed E-state index contributed by atoms with van der Waals surface area (Å²) >= 11 is 5.44. The molecule has 0 aromatic rings. The molecule has 14 heavy (non-hydrogen) atoms. The first kappa shape index (κ1) is 11.9. The molecule has 1 fully saturated rings. The second-order valence-electron chi connectivity index (χ2n) is 3.07. The lowest BCUT2D eigenvalue weighted by molar-refractivity contribution is -0.117. The second-order valence-corrected chi connectivity index (χ2v) is 5.99.